The first-order valence-corrected chi connectivity index (χ1v) is 10.5. The molecule has 4 rings (SSSR count). The standard InChI is InChI=1S/C25H29N3O/c1-5-28-14-13-22-20(15-28)23(19-10-6-7-12-21(19)26-22)25(29)27-24-17(4)9-8-11-18(24)16(2)3/h6-12,16H,5,13-15H2,1-4H3,(H,27,29). The molecular formula is C25H29N3O. The third-order valence-corrected chi connectivity index (χ3v) is 5.97. The van der Waals surface area contributed by atoms with Gasteiger partial charge in [0.25, 0.3) is 5.91 Å². The van der Waals surface area contributed by atoms with Crippen molar-refractivity contribution in [1.29, 1.82) is 0 Å². The monoisotopic (exact) mass is 387 g/mol. The number of anilines is 1. The molecule has 1 aliphatic rings. The fourth-order valence-corrected chi connectivity index (χ4v) is 4.29. The molecule has 29 heavy (non-hydrogen) atoms. The number of benzene rings is 2. The van der Waals surface area contributed by atoms with E-state index < -0.39 is 0 Å². The van der Waals surface area contributed by atoms with E-state index in [1.165, 1.54) is 5.56 Å². The first kappa shape index (κ1) is 19.6. The minimum Gasteiger partial charge on any atom is -0.321 e. The van der Waals surface area contributed by atoms with Gasteiger partial charge in [0.15, 0.2) is 0 Å². The van der Waals surface area contributed by atoms with Crippen molar-refractivity contribution in [2.24, 2.45) is 0 Å². The molecule has 2 heterocycles. The van der Waals surface area contributed by atoms with Crippen LogP contribution in [0, 0.1) is 6.92 Å². The number of para-hydroxylation sites is 2. The number of amides is 1. The number of carbonyl (C=O) groups excluding carboxylic acids is 1. The molecule has 1 N–H and O–H groups in total. The van der Waals surface area contributed by atoms with Gasteiger partial charge in [0.05, 0.1) is 11.1 Å². The van der Waals surface area contributed by atoms with E-state index in [-0.39, 0.29) is 5.91 Å². The third kappa shape index (κ3) is 3.65. The normalized spacial score (nSPS) is 14.2. The summed E-state index contributed by atoms with van der Waals surface area (Å²) in [6, 6.07) is 14.2. The maximum atomic E-state index is 13.7. The van der Waals surface area contributed by atoms with Crippen LogP contribution in [0.25, 0.3) is 10.9 Å². The van der Waals surface area contributed by atoms with Crippen molar-refractivity contribution in [2.75, 3.05) is 18.4 Å². The minimum atomic E-state index is -0.0333. The maximum Gasteiger partial charge on any atom is 0.256 e. The average Bonchev–Trinajstić information content (AvgIpc) is 2.72. The Labute approximate surface area is 173 Å². The van der Waals surface area contributed by atoms with Gasteiger partial charge in [-0.3, -0.25) is 14.7 Å². The lowest BCUT2D eigenvalue weighted by atomic mass is 9.94. The second-order valence-electron chi connectivity index (χ2n) is 8.20. The minimum absolute atomic E-state index is 0.0333. The molecule has 0 atom stereocenters. The molecule has 3 aromatic rings. The molecule has 2 aromatic carbocycles. The summed E-state index contributed by atoms with van der Waals surface area (Å²) >= 11 is 0. The second-order valence-corrected chi connectivity index (χ2v) is 8.20. The van der Waals surface area contributed by atoms with Crippen LogP contribution in [0.2, 0.25) is 0 Å². The third-order valence-electron chi connectivity index (χ3n) is 5.97. The van der Waals surface area contributed by atoms with Crippen molar-refractivity contribution in [3.05, 3.63) is 70.4 Å². The maximum absolute atomic E-state index is 13.7. The summed E-state index contributed by atoms with van der Waals surface area (Å²) in [4.78, 5) is 20.9. The van der Waals surface area contributed by atoms with Gasteiger partial charge in [0.1, 0.15) is 0 Å². The highest BCUT2D eigenvalue weighted by Gasteiger charge is 2.26. The van der Waals surface area contributed by atoms with Gasteiger partial charge in [-0.05, 0) is 36.6 Å². The van der Waals surface area contributed by atoms with Gasteiger partial charge >= 0.3 is 0 Å². The molecule has 0 fully saturated rings. The van der Waals surface area contributed by atoms with Crippen LogP contribution in [0.5, 0.6) is 0 Å². The number of nitrogens with one attached hydrogen (secondary N) is 1. The van der Waals surface area contributed by atoms with Gasteiger partial charge in [-0.2, -0.15) is 0 Å². The lowest BCUT2D eigenvalue weighted by Gasteiger charge is -2.29. The van der Waals surface area contributed by atoms with Crippen LogP contribution in [-0.2, 0) is 13.0 Å². The fourth-order valence-electron chi connectivity index (χ4n) is 4.29. The number of fused-ring (bicyclic) bond motifs is 2. The Kier molecular flexibility index (Phi) is 5.37. The zero-order chi connectivity index (χ0) is 20.5. The van der Waals surface area contributed by atoms with E-state index >= 15 is 0 Å². The van der Waals surface area contributed by atoms with Gasteiger partial charge in [-0.25, -0.2) is 0 Å². The lowest BCUT2D eigenvalue weighted by molar-refractivity contribution is 0.102. The number of carbonyl (C=O) groups is 1. The predicted molar refractivity (Wildman–Crippen MR) is 120 cm³/mol. The van der Waals surface area contributed by atoms with Crippen LogP contribution in [0.15, 0.2) is 42.5 Å². The van der Waals surface area contributed by atoms with E-state index in [0.717, 1.165) is 65.0 Å². The van der Waals surface area contributed by atoms with Crippen molar-refractivity contribution in [3.8, 4) is 0 Å². The molecule has 0 spiro atoms. The highest BCUT2D eigenvalue weighted by atomic mass is 16.1. The zero-order valence-corrected chi connectivity index (χ0v) is 17.7. The van der Waals surface area contributed by atoms with E-state index in [1.807, 2.05) is 24.3 Å². The summed E-state index contributed by atoms with van der Waals surface area (Å²) in [5, 5.41) is 4.20. The molecular weight excluding hydrogens is 358 g/mol. The van der Waals surface area contributed by atoms with Gasteiger partial charge in [-0.15, -0.1) is 0 Å². The Hall–Kier alpha value is -2.72. The van der Waals surface area contributed by atoms with Gasteiger partial charge in [0.2, 0.25) is 0 Å². The summed E-state index contributed by atoms with van der Waals surface area (Å²) in [7, 11) is 0. The topological polar surface area (TPSA) is 45.2 Å². The molecule has 1 aromatic heterocycles. The Bertz CT molecular complexity index is 1070. The SMILES string of the molecule is CCN1CCc2nc3ccccc3c(C(=O)Nc3c(C)cccc3C(C)C)c2C1. The van der Waals surface area contributed by atoms with Crippen LogP contribution >= 0.6 is 0 Å². The summed E-state index contributed by atoms with van der Waals surface area (Å²) in [5.74, 6) is 0.304. The largest absolute Gasteiger partial charge is 0.321 e. The first-order valence-electron chi connectivity index (χ1n) is 10.5. The van der Waals surface area contributed by atoms with Crippen molar-refractivity contribution in [2.45, 2.75) is 46.6 Å². The number of likely N-dealkylation sites (N-methyl/N-ethyl adjacent to an activating group) is 1. The number of nitrogens with zero attached hydrogens (tertiary/aromatic N) is 2. The zero-order valence-electron chi connectivity index (χ0n) is 17.7. The number of hydrogen-bond donors (Lipinski definition) is 1. The van der Waals surface area contributed by atoms with E-state index in [2.05, 4.69) is 56.1 Å². The Morgan fingerprint density at radius 2 is 1.97 bits per heavy atom. The van der Waals surface area contributed by atoms with Crippen LogP contribution in [0.1, 0.15) is 59.4 Å². The van der Waals surface area contributed by atoms with Crippen LogP contribution in [-0.4, -0.2) is 28.9 Å². The molecule has 0 saturated carbocycles. The van der Waals surface area contributed by atoms with Crippen molar-refractivity contribution in [1.82, 2.24) is 9.88 Å². The summed E-state index contributed by atoms with van der Waals surface area (Å²) in [6.45, 7) is 11.3. The van der Waals surface area contributed by atoms with E-state index in [1.54, 1.807) is 0 Å². The van der Waals surface area contributed by atoms with Crippen LogP contribution in [0.3, 0.4) is 0 Å². The van der Waals surface area contributed by atoms with Gasteiger partial charge in [0, 0.05) is 41.8 Å². The molecule has 0 saturated heterocycles. The van der Waals surface area contributed by atoms with Crippen molar-refractivity contribution < 1.29 is 4.79 Å². The second kappa shape index (κ2) is 7.96. The molecule has 0 unspecified atom stereocenters. The summed E-state index contributed by atoms with van der Waals surface area (Å²) in [6.07, 6.45) is 0.885. The summed E-state index contributed by atoms with van der Waals surface area (Å²) < 4.78 is 0. The molecule has 0 bridgehead atoms. The van der Waals surface area contributed by atoms with E-state index in [4.69, 9.17) is 4.98 Å². The quantitative estimate of drug-likeness (QED) is 0.661. The van der Waals surface area contributed by atoms with E-state index in [9.17, 15) is 4.79 Å². The first-order chi connectivity index (χ1) is 14.0. The fraction of sp³-hybridized carbons (Fsp3) is 0.360. The number of aromatic nitrogens is 1. The molecule has 150 valence electrons. The molecule has 1 aliphatic heterocycles. The highest BCUT2D eigenvalue weighted by Crippen LogP contribution is 2.31. The van der Waals surface area contributed by atoms with Crippen LogP contribution in [0.4, 0.5) is 5.69 Å². The molecule has 1 amide bonds. The van der Waals surface area contributed by atoms with Crippen molar-refractivity contribution in [3.63, 3.8) is 0 Å². The summed E-state index contributed by atoms with van der Waals surface area (Å²) in [5.41, 5.74) is 7.01. The Morgan fingerprint density at radius 3 is 2.72 bits per heavy atom. The molecule has 4 heteroatoms. The Balaban J connectivity index is 1.85. The number of pyridine rings is 1. The molecule has 4 nitrogen and oxygen atoms in total. The average molecular weight is 388 g/mol. The predicted octanol–water partition coefficient (Wildman–Crippen LogP) is 5.30. The number of rotatable bonds is 4. The number of aryl methyl sites for hydroxylation is 1. The van der Waals surface area contributed by atoms with E-state index in [0.29, 0.717) is 5.92 Å². The molecule has 0 radical (unpaired) electrons. The molecule has 0 aliphatic carbocycles. The van der Waals surface area contributed by atoms with Crippen molar-refractivity contribution >= 4 is 22.5 Å². The smallest absolute Gasteiger partial charge is 0.256 e. The lowest BCUT2D eigenvalue weighted by Crippen LogP contribution is -2.33. The number of hydrogen-bond acceptors (Lipinski definition) is 3. The van der Waals surface area contributed by atoms with Gasteiger partial charge < -0.3 is 5.32 Å². The van der Waals surface area contributed by atoms with Gasteiger partial charge in [-0.1, -0.05) is 57.2 Å². The van der Waals surface area contributed by atoms with Crippen LogP contribution < -0.4 is 5.32 Å². The Morgan fingerprint density at radius 1 is 1.17 bits per heavy atom. The highest BCUT2D eigenvalue weighted by molar-refractivity contribution is 6.14.